The van der Waals surface area contributed by atoms with Crippen LogP contribution in [0.2, 0.25) is 0 Å². The third kappa shape index (κ3) is 4.81. The second-order valence-corrected chi connectivity index (χ2v) is 8.66. The highest BCUT2D eigenvalue weighted by atomic mass is 16.5. The number of piperazine rings is 2. The molecular formula is C23H34N6O2. The minimum Gasteiger partial charge on any atom is -0.383 e. The van der Waals surface area contributed by atoms with Crippen LogP contribution in [-0.4, -0.2) is 109 Å². The number of methoxy groups -OCH3 is 1. The summed E-state index contributed by atoms with van der Waals surface area (Å²) < 4.78 is 5.17. The lowest BCUT2D eigenvalue weighted by molar-refractivity contribution is 0.0590. The van der Waals surface area contributed by atoms with Gasteiger partial charge in [-0.15, -0.1) is 10.2 Å². The number of amides is 1. The number of anilines is 1. The third-order valence-corrected chi connectivity index (χ3v) is 6.49. The number of rotatable bonds is 6. The van der Waals surface area contributed by atoms with Gasteiger partial charge in [0.2, 0.25) is 0 Å². The molecule has 2 saturated heterocycles. The highest BCUT2D eigenvalue weighted by molar-refractivity contribution is 6.07. The molecule has 3 heterocycles. The first-order chi connectivity index (χ1) is 15.1. The Labute approximate surface area is 184 Å². The van der Waals surface area contributed by atoms with Gasteiger partial charge < -0.3 is 14.5 Å². The quantitative estimate of drug-likeness (QED) is 0.695. The summed E-state index contributed by atoms with van der Waals surface area (Å²) in [7, 11) is 1.72. The van der Waals surface area contributed by atoms with Crippen molar-refractivity contribution >= 4 is 22.5 Å². The number of hydrogen-bond donors (Lipinski definition) is 0. The molecule has 0 N–H and O–H groups in total. The third-order valence-electron chi connectivity index (χ3n) is 6.49. The lowest BCUT2D eigenvalue weighted by Crippen LogP contribution is -2.50. The number of benzene rings is 1. The molecule has 0 saturated carbocycles. The number of nitrogens with zero attached hydrogens (tertiary/aromatic N) is 6. The van der Waals surface area contributed by atoms with E-state index >= 15 is 0 Å². The molecule has 31 heavy (non-hydrogen) atoms. The van der Waals surface area contributed by atoms with Gasteiger partial charge in [0.05, 0.1) is 6.61 Å². The Morgan fingerprint density at radius 3 is 2.29 bits per heavy atom. The molecule has 0 radical (unpaired) electrons. The average Bonchev–Trinajstić information content (AvgIpc) is 2.82. The Bertz CT molecular complexity index is 889. The van der Waals surface area contributed by atoms with Gasteiger partial charge in [0.1, 0.15) is 0 Å². The van der Waals surface area contributed by atoms with E-state index in [1.54, 1.807) is 7.11 Å². The molecule has 2 fully saturated rings. The van der Waals surface area contributed by atoms with Crippen molar-refractivity contribution in [1.29, 1.82) is 0 Å². The zero-order valence-corrected chi connectivity index (χ0v) is 19.0. The SMILES string of the molecule is COCCN1CCN(C(=O)c2nnc(N3CCN(C(C)C)CC3)c3ccccc23)CC1. The van der Waals surface area contributed by atoms with Crippen molar-refractivity contribution in [3.05, 3.63) is 30.0 Å². The Kier molecular flexibility index (Phi) is 6.99. The van der Waals surface area contributed by atoms with E-state index < -0.39 is 0 Å². The van der Waals surface area contributed by atoms with Crippen LogP contribution in [0.5, 0.6) is 0 Å². The van der Waals surface area contributed by atoms with E-state index in [-0.39, 0.29) is 5.91 Å². The number of carbonyl (C=O) groups excluding carboxylic acids is 1. The Morgan fingerprint density at radius 2 is 1.65 bits per heavy atom. The van der Waals surface area contributed by atoms with E-state index in [0.29, 0.717) is 24.8 Å². The molecule has 0 bridgehead atoms. The minimum absolute atomic E-state index is 0.0220. The normalized spacial score (nSPS) is 18.8. The molecule has 168 valence electrons. The zero-order chi connectivity index (χ0) is 21.8. The van der Waals surface area contributed by atoms with Crippen LogP contribution < -0.4 is 4.90 Å². The van der Waals surface area contributed by atoms with Crippen LogP contribution in [0.15, 0.2) is 24.3 Å². The summed E-state index contributed by atoms with van der Waals surface area (Å²) in [6.07, 6.45) is 0. The number of ether oxygens (including phenoxy) is 1. The number of carbonyl (C=O) groups is 1. The highest BCUT2D eigenvalue weighted by Gasteiger charge is 2.27. The van der Waals surface area contributed by atoms with Gasteiger partial charge in [0.25, 0.3) is 5.91 Å². The van der Waals surface area contributed by atoms with Crippen LogP contribution >= 0.6 is 0 Å². The second-order valence-electron chi connectivity index (χ2n) is 8.66. The standard InChI is InChI=1S/C23H34N6O2/c1-18(2)27-12-14-28(15-13-27)22-20-7-5-4-6-19(20)21(24-25-22)23(30)29-10-8-26(9-11-29)16-17-31-3/h4-7,18H,8-17H2,1-3H3. The molecule has 8 heteroatoms. The van der Waals surface area contributed by atoms with E-state index in [2.05, 4.69) is 44.8 Å². The number of hydrogen-bond acceptors (Lipinski definition) is 7. The van der Waals surface area contributed by atoms with Crippen LogP contribution in [0.25, 0.3) is 10.8 Å². The molecule has 0 spiro atoms. The van der Waals surface area contributed by atoms with E-state index in [1.807, 2.05) is 23.1 Å². The summed E-state index contributed by atoms with van der Waals surface area (Å²) in [6.45, 7) is 13.1. The lowest BCUT2D eigenvalue weighted by atomic mass is 10.1. The molecule has 1 amide bonds. The second kappa shape index (κ2) is 9.89. The lowest BCUT2D eigenvalue weighted by Gasteiger charge is -2.37. The summed E-state index contributed by atoms with van der Waals surface area (Å²) in [5, 5.41) is 10.9. The van der Waals surface area contributed by atoms with Gasteiger partial charge in [-0.1, -0.05) is 24.3 Å². The summed E-state index contributed by atoms with van der Waals surface area (Å²) in [5.41, 5.74) is 0.463. The molecule has 0 atom stereocenters. The van der Waals surface area contributed by atoms with Gasteiger partial charge in [-0.3, -0.25) is 14.6 Å². The maximum absolute atomic E-state index is 13.3. The van der Waals surface area contributed by atoms with Gasteiger partial charge in [-0.25, -0.2) is 0 Å². The van der Waals surface area contributed by atoms with Gasteiger partial charge >= 0.3 is 0 Å². The van der Waals surface area contributed by atoms with Crippen LogP contribution in [0.4, 0.5) is 5.82 Å². The van der Waals surface area contributed by atoms with Crippen molar-refractivity contribution in [2.45, 2.75) is 19.9 Å². The molecule has 1 aromatic heterocycles. The summed E-state index contributed by atoms with van der Waals surface area (Å²) in [4.78, 5) is 22.3. The predicted molar refractivity (Wildman–Crippen MR) is 123 cm³/mol. The fraction of sp³-hybridized carbons (Fsp3) is 0.609. The summed E-state index contributed by atoms with van der Waals surface area (Å²) >= 11 is 0. The van der Waals surface area contributed by atoms with E-state index in [0.717, 1.165) is 69.0 Å². The van der Waals surface area contributed by atoms with Gasteiger partial charge in [-0.2, -0.15) is 0 Å². The van der Waals surface area contributed by atoms with Crippen LogP contribution in [0.1, 0.15) is 24.3 Å². The van der Waals surface area contributed by atoms with Gasteiger partial charge in [0.15, 0.2) is 11.5 Å². The maximum Gasteiger partial charge on any atom is 0.275 e. The molecular weight excluding hydrogens is 392 g/mol. The summed E-state index contributed by atoms with van der Waals surface area (Å²) in [5.74, 6) is 0.867. The molecule has 0 unspecified atom stereocenters. The van der Waals surface area contributed by atoms with Crippen LogP contribution in [0, 0.1) is 0 Å². The monoisotopic (exact) mass is 426 g/mol. The Hall–Kier alpha value is -2.29. The van der Waals surface area contributed by atoms with E-state index in [4.69, 9.17) is 4.74 Å². The number of fused-ring (bicyclic) bond motifs is 1. The van der Waals surface area contributed by atoms with E-state index in [9.17, 15) is 4.79 Å². The number of aromatic nitrogens is 2. The smallest absolute Gasteiger partial charge is 0.275 e. The molecule has 2 aliphatic heterocycles. The molecule has 4 rings (SSSR count). The van der Waals surface area contributed by atoms with Crippen LogP contribution in [-0.2, 0) is 4.74 Å². The van der Waals surface area contributed by atoms with Crippen molar-refractivity contribution in [2.75, 3.05) is 77.5 Å². The fourth-order valence-electron chi connectivity index (χ4n) is 4.48. The van der Waals surface area contributed by atoms with Crippen molar-refractivity contribution < 1.29 is 9.53 Å². The molecule has 1 aromatic carbocycles. The first kappa shape index (κ1) is 21.9. The molecule has 2 aliphatic rings. The van der Waals surface area contributed by atoms with Gasteiger partial charge in [-0.05, 0) is 13.8 Å². The molecule has 0 aliphatic carbocycles. The zero-order valence-electron chi connectivity index (χ0n) is 19.0. The average molecular weight is 427 g/mol. The minimum atomic E-state index is -0.0220. The topological polar surface area (TPSA) is 65.0 Å². The first-order valence-corrected chi connectivity index (χ1v) is 11.3. The van der Waals surface area contributed by atoms with Crippen molar-refractivity contribution in [1.82, 2.24) is 24.9 Å². The fourth-order valence-corrected chi connectivity index (χ4v) is 4.48. The maximum atomic E-state index is 13.3. The highest BCUT2D eigenvalue weighted by Crippen LogP contribution is 2.27. The van der Waals surface area contributed by atoms with Crippen molar-refractivity contribution in [2.24, 2.45) is 0 Å². The van der Waals surface area contributed by atoms with E-state index in [1.165, 1.54) is 0 Å². The van der Waals surface area contributed by atoms with Gasteiger partial charge in [0, 0.05) is 82.8 Å². The molecule has 8 nitrogen and oxygen atoms in total. The Balaban J connectivity index is 1.51. The summed E-state index contributed by atoms with van der Waals surface area (Å²) in [6, 6.07) is 8.61. The largest absolute Gasteiger partial charge is 0.383 e. The Morgan fingerprint density at radius 1 is 0.968 bits per heavy atom. The van der Waals surface area contributed by atoms with Crippen LogP contribution in [0.3, 0.4) is 0 Å². The molecule has 2 aromatic rings. The predicted octanol–water partition coefficient (Wildman–Crippen LogP) is 1.56. The van der Waals surface area contributed by atoms with Crippen molar-refractivity contribution in [3.8, 4) is 0 Å². The van der Waals surface area contributed by atoms with Crippen molar-refractivity contribution in [3.63, 3.8) is 0 Å². The first-order valence-electron chi connectivity index (χ1n) is 11.3.